The molecule has 8 nitrogen and oxygen atoms in total. The van der Waals surface area contributed by atoms with Gasteiger partial charge in [-0.2, -0.15) is 4.98 Å². The van der Waals surface area contributed by atoms with Crippen LogP contribution in [0.3, 0.4) is 0 Å². The van der Waals surface area contributed by atoms with E-state index in [0.717, 1.165) is 32.1 Å². The number of carbonyl (C=O) groups excluding carboxylic acids is 2. The van der Waals surface area contributed by atoms with Gasteiger partial charge in [0, 0.05) is 31.0 Å². The van der Waals surface area contributed by atoms with Crippen molar-refractivity contribution in [3.63, 3.8) is 0 Å². The molecule has 4 aliphatic rings. The fourth-order valence-corrected chi connectivity index (χ4v) is 6.40. The number of amides is 2. The van der Waals surface area contributed by atoms with E-state index in [2.05, 4.69) is 0 Å². The SMILES string of the molecule is CC(C)C(=O)N1c2nc(C(=O)N3CCOCC3)nn2C2(CCCCC2)C2CCCCC21. The van der Waals surface area contributed by atoms with Crippen LogP contribution in [0.1, 0.15) is 82.3 Å². The van der Waals surface area contributed by atoms with Gasteiger partial charge in [0.05, 0.1) is 18.8 Å². The summed E-state index contributed by atoms with van der Waals surface area (Å²) in [5.74, 6) is 1.08. The summed E-state index contributed by atoms with van der Waals surface area (Å²) in [5, 5.41) is 4.87. The van der Waals surface area contributed by atoms with Crippen molar-refractivity contribution in [2.45, 2.75) is 83.2 Å². The molecule has 2 aliphatic carbocycles. The number of carbonyl (C=O) groups is 2. The van der Waals surface area contributed by atoms with Crippen LogP contribution in [0, 0.1) is 11.8 Å². The predicted molar refractivity (Wildman–Crippen MR) is 116 cm³/mol. The summed E-state index contributed by atoms with van der Waals surface area (Å²) in [6.07, 6.45) is 10.2. The van der Waals surface area contributed by atoms with Gasteiger partial charge in [-0.05, 0) is 25.7 Å². The third-order valence-electron chi connectivity index (χ3n) is 7.92. The van der Waals surface area contributed by atoms with Gasteiger partial charge < -0.3 is 9.64 Å². The van der Waals surface area contributed by atoms with Gasteiger partial charge in [0.1, 0.15) is 0 Å². The van der Waals surface area contributed by atoms with E-state index in [1.165, 1.54) is 25.7 Å². The van der Waals surface area contributed by atoms with Crippen molar-refractivity contribution >= 4 is 17.8 Å². The molecule has 1 spiro atoms. The highest BCUT2D eigenvalue weighted by Crippen LogP contribution is 2.52. The minimum atomic E-state index is -0.143. The Morgan fingerprint density at radius 1 is 1.03 bits per heavy atom. The van der Waals surface area contributed by atoms with Gasteiger partial charge in [0.25, 0.3) is 5.91 Å². The van der Waals surface area contributed by atoms with Crippen LogP contribution in [0.5, 0.6) is 0 Å². The lowest BCUT2D eigenvalue weighted by atomic mass is 9.64. The van der Waals surface area contributed by atoms with E-state index in [-0.39, 0.29) is 35.1 Å². The molecule has 31 heavy (non-hydrogen) atoms. The lowest BCUT2D eigenvalue weighted by Crippen LogP contribution is -2.62. The van der Waals surface area contributed by atoms with Crippen LogP contribution in [0.25, 0.3) is 0 Å². The van der Waals surface area contributed by atoms with E-state index in [1.54, 1.807) is 4.90 Å². The third-order valence-corrected chi connectivity index (χ3v) is 7.92. The number of anilines is 1. The van der Waals surface area contributed by atoms with E-state index in [4.69, 9.17) is 14.8 Å². The number of fused-ring (bicyclic) bond motifs is 4. The van der Waals surface area contributed by atoms with Gasteiger partial charge in [-0.15, -0.1) is 5.10 Å². The number of rotatable bonds is 2. The van der Waals surface area contributed by atoms with Crippen LogP contribution < -0.4 is 4.90 Å². The molecule has 0 aromatic carbocycles. The summed E-state index contributed by atoms with van der Waals surface area (Å²) in [7, 11) is 0. The zero-order valence-corrected chi connectivity index (χ0v) is 18.9. The Bertz CT molecular complexity index is 838. The Hall–Kier alpha value is -1.96. The minimum absolute atomic E-state index is 0.0987. The predicted octanol–water partition coefficient (Wildman–Crippen LogP) is 2.97. The first-order valence-electron chi connectivity index (χ1n) is 12.2. The average molecular weight is 430 g/mol. The molecule has 0 radical (unpaired) electrons. The van der Waals surface area contributed by atoms with E-state index in [1.807, 2.05) is 23.4 Å². The average Bonchev–Trinajstić information content (AvgIpc) is 3.26. The number of hydrogen-bond donors (Lipinski definition) is 0. The molecule has 0 bridgehead atoms. The van der Waals surface area contributed by atoms with Crippen molar-refractivity contribution < 1.29 is 14.3 Å². The maximum absolute atomic E-state index is 13.4. The Balaban J connectivity index is 1.62. The molecule has 8 heteroatoms. The highest BCUT2D eigenvalue weighted by atomic mass is 16.5. The number of hydrogen-bond acceptors (Lipinski definition) is 5. The van der Waals surface area contributed by atoms with Gasteiger partial charge >= 0.3 is 0 Å². The Morgan fingerprint density at radius 2 is 1.74 bits per heavy atom. The topological polar surface area (TPSA) is 80.6 Å². The van der Waals surface area contributed by atoms with Crippen LogP contribution in [-0.2, 0) is 15.1 Å². The van der Waals surface area contributed by atoms with Crippen LogP contribution >= 0.6 is 0 Å². The molecular weight excluding hydrogens is 394 g/mol. The smallest absolute Gasteiger partial charge is 0.293 e. The van der Waals surface area contributed by atoms with Crippen LogP contribution in [0.4, 0.5) is 5.95 Å². The molecule has 1 aromatic rings. The second kappa shape index (κ2) is 8.19. The molecule has 2 atom stereocenters. The van der Waals surface area contributed by atoms with Gasteiger partial charge in [-0.1, -0.05) is 46.0 Å². The Kier molecular flexibility index (Phi) is 5.52. The van der Waals surface area contributed by atoms with Crippen molar-refractivity contribution in [3.8, 4) is 0 Å². The first kappa shape index (κ1) is 20.9. The molecular formula is C23H35N5O3. The van der Waals surface area contributed by atoms with Gasteiger partial charge in [0.2, 0.25) is 17.7 Å². The summed E-state index contributed by atoms with van der Waals surface area (Å²) < 4.78 is 7.44. The molecule has 2 unspecified atom stereocenters. The maximum Gasteiger partial charge on any atom is 0.293 e. The minimum Gasteiger partial charge on any atom is -0.378 e. The molecule has 1 aromatic heterocycles. The van der Waals surface area contributed by atoms with Crippen molar-refractivity contribution in [1.29, 1.82) is 0 Å². The normalized spacial score (nSPS) is 27.8. The second-order valence-corrected chi connectivity index (χ2v) is 10.0. The third kappa shape index (κ3) is 3.38. The summed E-state index contributed by atoms with van der Waals surface area (Å²) >= 11 is 0. The quantitative estimate of drug-likeness (QED) is 0.722. The lowest BCUT2D eigenvalue weighted by Gasteiger charge is -2.55. The van der Waals surface area contributed by atoms with Gasteiger partial charge in [-0.25, -0.2) is 4.68 Å². The number of ether oxygens (including phenoxy) is 1. The van der Waals surface area contributed by atoms with Crippen LogP contribution in [0.2, 0.25) is 0 Å². The van der Waals surface area contributed by atoms with Crippen molar-refractivity contribution in [2.24, 2.45) is 11.8 Å². The largest absolute Gasteiger partial charge is 0.378 e. The lowest BCUT2D eigenvalue weighted by molar-refractivity contribution is -0.123. The van der Waals surface area contributed by atoms with Crippen molar-refractivity contribution in [2.75, 3.05) is 31.2 Å². The molecule has 0 N–H and O–H groups in total. The van der Waals surface area contributed by atoms with Gasteiger partial charge in [-0.3, -0.25) is 14.5 Å². The fraction of sp³-hybridized carbons (Fsp3) is 0.826. The second-order valence-electron chi connectivity index (χ2n) is 10.0. The number of aromatic nitrogens is 3. The molecule has 2 saturated carbocycles. The zero-order chi connectivity index (χ0) is 21.6. The Labute approximate surface area is 184 Å². The molecule has 2 amide bonds. The van der Waals surface area contributed by atoms with E-state index in [0.29, 0.717) is 38.2 Å². The fourth-order valence-electron chi connectivity index (χ4n) is 6.40. The van der Waals surface area contributed by atoms with Crippen molar-refractivity contribution in [3.05, 3.63) is 5.82 Å². The van der Waals surface area contributed by atoms with E-state index in [9.17, 15) is 9.59 Å². The molecule has 2 aliphatic heterocycles. The highest BCUT2D eigenvalue weighted by molar-refractivity contribution is 5.95. The number of nitrogens with zero attached hydrogens (tertiary/aromatic N) is 5. The highest BCUT2D eigenvalue weighted by Gasteiger charge is 2.55. The summed E-state index contributed by atoms with van der Waals surface area (Å²) in [6.45, 7) is 6.12. The molecule has 3 heterocycles. The molecule has 3 fully saturated rings. The first-order valence-corrected chi connectivity index (χ1v) is 12.2. The maximum atomic E-state index is 13.4. The van der Waals surface area contributed by atoms with Gasteiger partial charge in [0.15, 0.2) is 0 Å². The van der Waals surface area contributed by atoms with Crippen molar-refractivity contribution in [1.82, 2.24) is 19.7 Å². The van der Waals surface area contributed by atoms with E-state index >= 15 is 0 Å². The summed E-state index contributed by atoms with van der Waals surface area (Å²) in [4.78, 5) is 35.1. The number of morpholine rings is 1. The summed E-state index contributed by atoms with van der Waals surface area (Å²) in [6, 6.07) is 0.171. The summed E-state index contributed by atoms with van der Waals surface area (Å²) in [5.41, 5.74) is -0.108. The van der Waals surface area contributed by atoms with E-state index < -0.39 is 0 Å². The van der Waals surface area contributed by atoms with Crippen LogP contribution in [-0.4, -0.2) is 63.8 Å². The first-order chi connectivity index (χ1) is 15.0. The molecule has 5 rings (SSSR count). The Morgan fingerprint density at radius 3 is 2.45 bits per heavy atom. The zero-order valence-electron chi connectivity index (χ0n) is 18.9. The standard InChI is InChI=1S/C23H35N5O3/c1-16(2)20(29)27-18-9-5-4-8-17(18)23(10-6-3-7-11-23)28-22(27)24-19(25-28)21(30)26-12-14-31-15-13-26/h16-18H,3-15H2,1-2H3. The van der Waals surface area contributed by atoms with Crippen LogP contribution in [0.15, 0.2) is 0 Å². The molecule has 1 saturated heterocycles. The monoisotopic (exact) mass is 429 g/mol. The molecule has 170 valence electrons.